The Morgan fingerprint density at radius 1 is 1.04 bits per heavy atom. The van der Waals surface area contributed by atoms with Crippen LogP contribution in [0.2, 0.25) is 0 Å². The van der Waals surface area contributed by atoms with Crippen molar-refractivity contribution in [2.75, 3.05) is 16.4 Å². The second kappa shape index (κ2) is 9.21. The summed E-state index contributed by atoms with van der Waals surface area (Å²) in [5, 5.41) is 15.2. The van der Waals surface area contributed by atoms with Gasteiger partial charge in [0.15, 0.2) is 4.34 Å². The average molecular weight is 413 g/mol. The van der Waals surface area contributed by atoms with E-state index in [1.807, 2.05) is 30.3 Å². The molecule has 0 fully saturated rings. The van der Waals surface area contributed by atoms with Gasteiger partial charge in [0, 0.05) is 11.4 Å². The first-order chi connectivity index (χ1) is 13.4. The normalized spacial score (nSPS) is 10.9. The molecule has 0 saturated carbocycles. The van der Waals surface area contributed by atoms with Crippen LogP contribution in [0.25, 0.3) is 0 Å². The Balaban J connectivity index is 1.50. The van der Waals surface area contributed by atoms with E-state index in [0.717, 1.165) is 20.8 Å². The maximum atomic E-state index is 12.2. The number of hydrogen-bond donors (Lipinski definition) is 2. The zero-order chi connectivity index (χ0) is 20.1. The first-order valence-electron chi connectivity index (χ1n) is 9.11. The van der Waals surface area contributed by atoms with Crippen LogP contribution in [0.4, 0.5) is 16.5 Å². The molecule has 0 radical (unpaired) electrons. The van der Waals surface area contributed by atoms with Gasteiger partial charge >= 0.3 is 0 Å². The zero-order valence-electron chi connectivity index (χ0n) is 16.4. The van der Waals surface area contributed by atoms with E-state index < -0.39 is 0 Å². The third-order valence-electron chi connectivity index (χ3n) is 4.35. The first-order valence-corrected chi connectivity index (χ1v) is 10.9. The summed E-state index contributed by atoms with van der Waals surface area (Å²) >= 11 is 2.83. The molecular formula is C21H24N4OS2. The van der Waals surface area contributed by atoms with Crippen molar-refractivity contribution in [2.45, 2.75) is 38.0 Å². The molecule has 2 aromatic carbocycles. The molecule has 2 N–H and O–H groups in total. The van der Waals surface area contributed by atoms with Crippen LogP contribution in [0, 0.1) is 13.8 Å². The van der Waals surface area contributed by atoms with E-state index in [2.05, 4.69) is 60.7 Å². The molecule has 0 unspecified atom stereocenters. The Morgan fingerprint density at radius 2 is 1.75 bits per heavy atom. The Labute approximate surface area is 174 Å². The molecule has 0 aliphatic carbocycles. The Kier molecular flexibility index (Phi) is 6.70. The van der Waals surface area contributed by atoms with Crippen molar-refractivity contribution < 1.29 is 4.79 Å². The number of carbonyl (C=O) groups excluding carboxylic acids is 1. The number of hydrogen-bond acceptors (Lipinski definition) is 6. The van der Waals surface area contributed by atoms with Crippen molar-refractivity contribution in [3.63, 3.8) is 0 Å². The van der Waals surface area contributed by atoms with E-state index in [-0.39, 0.29) is 5.91 Å². The summed E-state index contributed by atoms with van der Waals surface area (Å²) in [6.45, 7) is 8.46. The Bertz CT molecular complexity index is 951. The van der Waals surface area contributed by atoms with E-state index in [4.69, 9.17) is 0 Å². The van der Waals surface area contributed by atoms with Crippen molar-refractivity contribution in [2.24, 2.45) is 0 Å². The van der Waals surface area contributed by atoms with Gasteiger partial charge in [-0.3, -0.25) is 4.79 Å². The van der Waals surface area contributed by atoms with E-state index >= 15 is 0 Å². The maximum Gasteiger partial charge on any atom is 0.234 e. The van der Waals surface area contributed by atoms with Crippen LogP contribution < -0.4 is 10.6 Å². The second-order valence-corrected chi connectivity index (χ2v) is 9.11. The summed E-state index contributed by atoms with van der Waals surface area (Å²) in [4.78, 5) is 12.2. The summed E-state index contributed by atoms with van der Waals surface area (Å²) in [6, 6.07) is 14.1. The van der Waals surface area contributed by atoms with Crippen LogP contribution in [-0.2, 0) is 4.79 Å². The van der Waals surface area contributed by atoms with Crippen LogP contribution in [0.1, 0.15) is 36.5 Å². The van der Waals surface area contributed by atoms with Crippen molar-refractivity contribution in [3.8, 4) is 0 Å². The van der Waals surface area contributed by atoms with Crippen LogP contribution >= 0.6 is 23.1 Å². The van der Waals surface area contributed by atoms with Gasteiger partial charge in [0.05, 0.1) is 5.75 Å². The molecule has 0 atom stereocenters. The fraction of sp³-hybridized carbons (Fsp3) is 0.286. The summed E-state index contributed by atoms with van der Waals surface area (Å²) in [7, 11) is 0. The molecule has 3 rings (SSSR count). The number of carbonyl (C=O) groups is 1. The summed E-state index contributed by atoms with van der Waals surface area (Å²) in [5.41, 5.74) is 5.53. The van der Waals surface area contributed by atoms with Gasteiger partial charge in [0.1, 0.15) is 0 Å². The fourth-order valence-electron chi connectivity index (χ4n) is 2.54. The third kappa shape index (κ3) is 5.56. The molecule has 1 amide bonds. The molecule has 28 heavy (non-hydrogen) atoms. The molecule has 7 heteroatoms. The molecule has 1 aromatic heterocycles. The number of nitrogens with one attached hydrogen (secondary N) is 2. The molecule has 146 valence electrons. The number of anilines is 3. The number of rotatable bonds is 7. The molecule has 0 bridgehead atoms. The van der Waals surface area contributed by atoms with Gasteiger partial charge < -0.3 is 10.6 Å². The van der Waals surface area contributed by atoms with Crippen molar-refractivity contribution in [1.82, 2.24) is 10.2 Å². The quantitative estimate of drug-likeness (QED) is 0.484. The predicted molar refractivity (Wildman–Crippen MR) is 119 cm³/mol. The summed E-state index contributed by atoms with van der Waals surface area (Å²) < 4.78 is 0.761. The van der Waals surface area contributed by atoms with Crippen LogP contribution in [-0.4, -0.2) is 21.9 Å². The average Bonchev–Trinajstić information content (AvgIpc) is 3.11. The first kappa shape index (κ1) is 20.4. The number of nitrogens with zero attached hydrogens (tertiary/aromatic N) is 2. The lowest BCUT2D eigenvalue weighted by atomic mass is 10.0. The summed E-state index contributed by atoms with van der Waals surface area (Å²) in [5.74, 6) is 0.718. The Morgan fingerprint density at radius 3 is 2.43 bits per heavy atom. The largest absolute Gasteiger partial charge is 0.330 e. The molecule has 0 aliphatic heterocycles. The predicted octanol–water partition coefficient (Wildman–Crippen LogP) is 5.75. The smallest absolute Gasteiger partial charge is 0.234 e. The van der Waals surface area contributed by atoms with Gasteiger partial charge in [-0.15, -0.1) is 10.2 Å². The molecule has 0 aliphatic rings. The van der Waals surface area contributed by atoms with Crippen LogP contribution in [0.15, 0.2) is 46.8 Å². The highest BCUT2D eigenvalue weighted by Gasteiger charge is 2.09. The topological polar surface area (TPSA) is 66.9 Å². The van der Waals surface area contributed by atoms with E-state index in [0.29, 0.717) is 11.7 Å². The minimum Gasteiger partial charge on any atom is -0.330 e. The number of amides is 1. The van der Waals surface area contributed by atoms with E-state index in [1.54, 1.807) is 0 Å². The molecular weight excluding hydrogens is 388 g/mol. The number of thioether (sulfide) groups is 1. The van der Waals surface area contributed by atoms with Gasteiger partial charge in [-0.05, 0) is 60.7 Å². The highest BCUT2D eigenvalue weighted by atomic mass is 32.2. The van der Waals surface area contributed by atoms with Crippen molar-refractivity contribution in [3.05, 3.63) is 59.2 Å². The standard InChI is InChI=1S/C21H24N4OS2/c1-13(2)16-6-9-17(10-7-16)22-19(26)12-27-21-25-24-20(28-21)23-18-8-5-14(3)15(4)11-18/h5-11,13H,12H2,1-4H3,(H,22,26)(H,23,24). The van der Waals surface area contributed by atoms with E-state index in [9.17, 15) is 4.79 Å². The van der Waals surface area contributed by atoms with Crippen LogP contribution in [0.5, 0.6) is 0 Å². The highest BCUT2D eigenvalue weighted by molar-refractivity contribution is 8.01. The minimum atomic E-state index is -0.0545. The van der Waals surface area contributed by atoms with Crippen LogP contribution in [0.3, 0.4) is 0 Å². The van der Waals surface area contributed by atoms with Gasteiger partial charge in [0.25, 0.3) is 0 Å². The maximum absolute atomic E-state index is 12.2. The lowest BCUT2D eigenvalue weighted by molar-refractivity contribution is -0.113. The summed E-state index contributed by atoms with van der Waals surface area (Å²) in [6.07, 6.45) is 0. The highest BCUT2D eigenvalue weighted by Crippen LogP contribution is 2.28. The fourth-order valence-corrected chi connectivity index (χ4v) is 4.11. The Hall–Kier alpha value is -2.38. The molecule has 5 nitrogen and oxygen atoms in total. The molecule has 0 saturated heterocycles. The second-order valence-electron chi connectivity index (χ2n) is 6.91. The lowest BCUT2D eigenvalue weighted by Gasteiger charge is -2.08. The van der Waals surface area contributed by atoms with Gasteiger partial charge in [-0.25, -0.2) is 0 Å². The van der Waals surface area contributed by atoms with Crippen molar-refractivity contribution in [1.29, 1.82) is 0 Å². The molecule has 3 aromatic rings. The third-order valence-corrected chi connectivity index (χ3v) is 6.32. The molecule has 0 spiro atoms. The number of benzene rings is 2. The minimum absolute atomic E-state index is 0.0545. The number of aromatic nitrogens is 2. The SMILES string of the molecule is Cc1ccc(Nc2nnc(SCC(=O)Nc3ccc(C(C)C)cc3)s2)cc1C. The monoisotopic (exact) mass is 412 g/mol. The molecule has 1 heterocycles. The van der Waals surface area contributed by atoms with Crippen molar-refractivity contribution >= 4 is 45.5 Å². The van der Waals surface area contributed by atoms with Gasteiger partial charge in [-0.2, -0.15) is 0 Å². The van der Waals surface area contributed by atoms with Gasteiger partial charge in [-0.1, -0.05) is 55.1 Å². The van der Waals surface area contributed by atoms with E-state index in [1.165, 1.54) is 39.8 Å². The lowest BCUT2D eigenvalue weighted by Crippen LogP contribution is -2.13. The van der Waals surface area contributed by atoms with Gasteiger partial charge in [0.2, 0.25) is 11.0 Å². The number of aryl methyl sites for hydroxylation is 2. The zero-order valence-corrected chi connectivity index (χ0v) is 18.1.